The molecule has 0 amide bonds. The molecule has 0 bridgehead atoms. The summed E-state index contributed by atoms with van der Waals surface area (Å²) in [5.41, 5.74) is 1.66. The molecule has 2 aromatic rings. The number of benzene rings is 2. The lowest BCUT2D eigenvalue weighted by Gasteiger charge is -2.12. The lowest BCUT2D eigenvalue weighted by molar-refractivity contribution is 0.175. The first kappa shape index (κ1) is 14.5. The fourth-order valence-electron chi connectivity index (χ4n) is 1.95. The van der Waals surface area contributed by atoms with Crippen LogP contribution in [0.4, 0.5) is 4.39 Å². The lowest BCUT2D eigenvalue weighted by Crippen LogP contribution is -2.14. The van der Waals surface area contributed by atoms with Gasteiger partial charge in [0.2, 0.25) is 0 Å². The highest BCUT2D eigenvalue weighted by Crippen LogP contribution is 2.23. The molecule has 0 fully saturated rings. The van der Waals surface area contributed by atoms with Crippen LogP contribution in [-0.4, -0.2) is 11.2 Å². The van der Waals surface area contributed by atoms with Crippen LogP contribution in [0.5, 0.6) is 0 Å². The number of halogens is 3. The summed E-state index contributed by atoms with van der Waals surface area (Å²) in [5.74, 6) is -0.286. The highest BCUT2D eigenvalue weighted by molar-refractivity contribution is 9.10. The van der Waals surface area contributed by atoms with E-state index in [-0.39, 0.29) is 5.82 Å². The van der Waals surface area contributed by atoms with Gasteiger partial charge in [0.15, 0.2) is 0 Å². The number of hydrogen-bond donors (Lipinski definition) is 1. The second kappa shape index (κ2) is 6.51. The van der Waals surface area contributed by atoms with E-state index in [1.807, 2.05) is 12.1 Å². The molecule has 1 N–H and O–H groups in total. The van der Waals surface area contributed by atoms with Gasteiger partial charge in [0.05, 0.1) is 6.10 Å². The van der Waals surface area contributed by atoms with Gasteiger partial charge in [-0.2, -0.15) is 0 Å². The van der Waals surface area contributed by atoms with Crippen molar-refractivity contribution in [3.05, 3.63) is 68.9 Å². The van der Waals surface area contributed by atoms with Gasteiger partial charge in [0.1, 0.15) is 5.82 Å². The molecule has 0 aliphatic carbocycles. The summed E-state index contributed by atoms with van der Waals surface area (Å²) < 4.78 is 13.9. The third-order valence-corrected chi connectivity index (χ3v) is 3.68. The summed E-state index contributed by atoms with van der Waals surface area (Å²) in [6, 6.07) is 11.8. The molecule has 0 spiro atoms. The quantitative estimate of drug-likeness (QED) is 0.873. The van der Waals surface area contributed by atoms with Gasteiger partial charge in [-0.05, 0) is 41.8 Å². The van der Waals surface area contributed by atoms with Crippen LogP contribution in [0.15, 0.2) is 46.9 Å². The molecule has 4 heteroatoms. The second-order valence-corrected chi connectivity index (χ2v) is 5.75. The molecule has 1 unspecified atom stereocenters. The van der Waals surface area contributed by atoms with Crippen LogP contribution >= 0.6 is 27.5 Å². The van der Waals surface area contributed by atoms with Gasteiger partial charge >= 0.3 is 0 Å². The van der Waals surface area contributed by atoms with Gasteiger partial charge in [-0.1, -0.05) is 45.7 Å². The number of rotatable bonds is 4. The summed E-state index contributed by atoms with van der Waals surface area (Å²) in [6.45, 7) is 0. The van der Waals surface area contributed by atoms with Crippen LogP contribution in [0.1, 0.15) is 11.1 Å². The smallest absolute Gasteiger partial charge is 0.123 e. The molecular weight excluding hydrogens is 331 g/mol. The second-order valence-electron chi connectivity index (χ2n) is 4.43. The summed E-state index contributed by atoms with van der Waals surface area (Å²) in [6.07, 6.45) is 0.271. The predicted molar refractivity (Wildman–Crippen MR) is 79.0 cm³/mol. The molecule has 100 valence electrons. The fraction of sp³-hybridized carbons (Fsp3) is 0.200. The van der Waals surface area contributed by atoms with Gasteiger partial charge in [0, 0.05) is 15.9 Å². The fourth-order valence-corrected chi connectivity index (χ4v) is 2.70. The molecule has 2 aromatic carbocycles. The van der Waals surface area contributed by atoms with E-state index in [0.717, 1.165) is 15.6 Å². The van der Waals surface area contributed by atoms with Gasteiger partial charge in [0.25, 0.3) is 0 Å². The van der Waals surface area contributed by atoms with Crippen molar-refractivity contribution in [2.45, 2.75) is 18.9 Å². The van der Waals surface area contributed by atoms with E-state index in [4.69, 9.17) is 11.6 Å². The molecule has 0 aromatic heterocycles. The Labute approximate surface area is 125 Å². The van der Waals surface area contributed by atoms with Crippen LogP contribution in [0.2, 0.25) is 5.02 Å². The Morgan fingerprint density at radius 3 is 2.63 bits per heavy atom. The van der Waals surface area contributed by atoms with Crippen LogP contribution < -0.4 is 0 Å². The van der Waals surface area contributed by atoms with E-state index in [9.17, 15) is 9.50 Å². The molecule has 0 saturated heterocycles. The van der Waals surface area contributed by atoms with Crippen LogP contribution in [0.25, 0.3) is 0 Å². The summed E-state index contributed by atoms with van der Waals surface area (Å²) in [4.78, 5) is 0. The molecule has 0 radical (unpaired) electrons. The van der Waals surface area contributed by atoms with E-state index in [1.54, 1.807) is 18.2 Å². The minimum atomic E-state index is -0.583. The average Bonchev–Trinajstić information content (AvgIpc) is 2.33. The number of hydrogen-bond acceptors (Lipinski definition) is 1. The Kier molecular flexibility index (Phi) is 4.97. The van der Waals surface area contributed by atoms with Crippen LogP contribution in [0, 0.1) is 5.82 Å². The molecule has 0 heterocycles. The predicted octanol–water partition coefficient (Wildman–Crippen LogP) is 4.39. The minimum Gasteiger partial charge on any atom is -0.392 e. The molecule has 1 nitrogen and oxygen atoms in total. The van der Waals surface area contributed by atoms with Gasteiger partial charge < -0.3 is 5.11 Å². The molecule has 0 aliphatic rings. The van der Waals surface area contributed by atoms with Crippen molar-refractivity contribution < 1.29 is 9.50 Å². The third kappa shape index (κ3) is 4.30. The highest BCUT2D eigenvalue weighted by Gasteiger charge is 2.10. The zero-order chi connectivity index (χ0) is 13.8. The number of aliphatic hydroxyl groups excluding tert-OH is 1. The first-order chi connectivity index (χ1) is 9.04. The van der Waals surface area contributed by atoms with Gasteiger partial charge in [-0.25, -0.2) is 4.39 Å². The summed E-state index contributed by atoms with van der Waals surface area (Å²) in [7, 11) is 0. The van der Waals surface area contributed by atoms with E-state index in [0.29, 0.717) is 17.9 Å². The van der Waals surface area contributed by atoms with E-state index in [2.05, 4.69) is 15.9 Å². The SMILES string of the molecule is OC(Cc1cccc(F)c1)Cc1ccc(Br)cc1Cl. The highest BCUT2D eigenvalue weighted by atomic mass is 79.9. The molecule has 2 rings (SSSR count). The van der Waals surface area contributed by atoms with Crippen molar-refractivity contribution in [3.63, 3.8) is 0 Å². The van der Waals surface area contributed by atoms with E-state index < -0.39 is 6.10 Å². The minimum absolute atomic E-state index is 0.286. The van der Waals surface area contributed by atoms with E-state index >= 15 is 0 Å². The van der Waals surface area contributed by atoms with Crippen LogP contribution in [-0.2, 0) is 12.8 Å². The van der Waals surface area contributed by atoms with Gasteiger partial charge in [-0.15, -0.1) is 0 Å². The van der Waals surface area contributed by atoms with Crippen LogP contribution in [0.3, 0.4) is 0 Å². The Morgan fingerprint density at radius 2 is 1.95 bits per heavy atom. The maximum absolute atomic E-state index is 13.0. The standard InChI is InChI=1S/C15H13BrClFO/c16-12-5-4-11(15(17)9-12)8-14(19)7-10-2-1-3-13(18)6-10/h1-6,9,14,19H,7-8H2. The largest absolute Gasteiger partial charge is 0.392 e. The molecule has 19 heavy (non-hydrogen) atoms. The Morgan fingerprint density at radius 1 is 1.16 bits per heavy atom. The molecule has 0 saturated carbocycles. The van der Waals surface area contributed by atoms with Crippen molar-refractivity contribution in [2.75, 3.05) is 0 Å². The topological polar surface area (TPSA) is 20.2 Å². The summed E-state index contributed by atoms with van der Waals surface area (Å²) in [5, 5.41) is 10.7. The van der Waals surface area contributed by atoms with E-state index in [1.165, 1.54) is 12.1 Å². The first-order valence-electron chi connectivity index (χ1n) is 5.91. The van der Waals surface area contributed by atoms with Crippen molar-refractivity contribution in [2.24, 2.45) is 0 Å². The normalized spacial score (nSPS) is 12.4. The molecular formula is C15H13BrClFO. The third-order valence-electron chi connectivity index (χ3n) is 2.83. The average molecular weight is 344 g/mol. The Balaban J connectivity index is 2.03. The maximum atomic E-state index is 13.0. The monoisotopic (exact) mass is 342 g/mol. The number of aliphatic hydroxyl groups is 1. The molecule has 0 aliphatic heterocycles. The van der Waals surface area contributed by atoms with Gasteiger partial charge in [-0.3, -0.25) is 0 Å². The zero-order valence-electron chi connectivity index (χ0n) is 10.1. The van der Waals surface area contributed by atoms with Crippen molar-refractivity contribution >= 4 is 27.5 Å². The van der Waals surface area contributed by atoms with Crippen molar-refractivity contribution in [1.29, 1.82) is 0 Å². The zero-order valence-corrected chi connectivity index (χ0v) is 12.5. The Bertz CT molecular complexity index is 574. The first-order valence-corrected chi connectivity index (χ1v) is 7.08. The summed E-state index contributed by atoms with van der Waals surface area (Å²) >= 11 is 9.44. The maximum Gasteiger partial charge on any atom is 0.123 e. The van der Waals surface area contributed by atoms with Crippen molar-refractivity contribution in [1.82, 2.24) is 0 Å². The Hall–Kier alpha value is -0.900. The van der Waals surface area contributed by atoms with Crippen molar-refractivity contribution in [3.8, 4) is 0 Å². The molecule has 1 atom stereocenters. The lowest BCUT2D eigenvalue weighted by atomic mass is 10.0.